The van der Waals surface area contributed by atoms with E-state index in [0.717, 1.165) is 25.2 Å². The largest absolute Gasteiger partial charge is 0.478 e. The summed E-state index contributed by atoms with van der Waals surface area (Å²) in [6.07, 6.45) is 0. The molecule has 4 heteroatoms. The molecule has 1 aliphatic rings. The standard InChI is InChI=1S/C13H17NO2S/c1-10-8-11(2-3-12(10)13(15)16)9-14-4-6-17-7-5-14/h2-3,8H,4-7,9H2,1H3,(H,15,16). The van der Waals surface area contributed by atoms with Crippen molar-refractivity contribution in [2.24, 2.45) is 0 Å². The minimum absolute atomic E-state index is 0.406. The summed E-state index contributed by atoms with van der Waals surface area (Å²) < 4.78 is 0. The van der Waals surface area contributed by atoms with Crippen molar-refractivity contribution in [2.45, 2.75) is 13.5 Å². The van der Waals surface area contributed by atoms with E-state index in [4.69, 9.17) is 5.11 Å². The Bertz CT molecular complexity index is 414. The van der Waals surface area contributed by atoms with Gasteiger partial charge in [0, 0.05) is 31.1 Å². The molecule has 17 heavy (non-hydrogen) atoms. The third kappa shape index (κ3) is 3.23. The summed E-state index contributed by atoms with van der Waals surface area (Å²) in [6, 6.07) is 5.63. The smallest absolute Gasteiger partial charge is 0.335 e. The molecule has 0 aliphatic carbocycles. The van der Waals surface area contributed by atoms with Gasteiger partial charge < -0.3 is 5.11 Å². The Morgan fingerprint density at radius 2 is 2.12 bits per heavy atom. The number of carbonyl (C=O) groups is 1. The minimum Gasteiger partial charge on any atom is -0.478 e. The van der Waals surface area contributed by atoms with Crippen LogP contribution in [0.2, 0.25) is 0 Å². The molecule has 1 aliphatic heterocycles. The highest BCUT2D eigenvalue weighted by Crippen LogP contribution is 2.16. The number of rotatable bonds is 3. The maximum Gasteiger partial charge on any atom is 0.335 e. The quantitative estimate of drug-likeness (QED) is 0.894. The third-order valence-electron chi connectivity index (χ3n) is 3.03. The van der Waals surface area contributed by atoms with Crippen LogP contribution in [0.15, 0.2) is 18.2 Å². The van der Waals surface area contributed by atoms with Crippen LogP contribution >= 0.6 is 11.8 Å². The molecule has 2 rings (SSSR count). The van der Waals surface area contributed by atoms with Gasteiger partial charge in [0.15, 0.2) is 0 Å². The lowest BCUT2D eigenvalue weighted by atomic mass is 10.0. The molecular weight excluding hydrogens is 234 g/mol. The Kier molecular flexibility index (Phi) is 4.07. The van der Waals surface area contributed by atoms with Crippen LogP contribution in [0, 0.1) is 6.92 Å². The molecule has 0 amide bonds. The van der Waals surface area contributed by atoms with E-state index >= 15 is 0 Å². The predicted octanol–water partition coefficient (Wildman–Crippen LogP) is 2.24. The molecule has 1 N–H and O–H groups in total. The maximum absolute atomic E-state index is 10.9. The van der Waals surface area contributed by atoms with Gasteiger partial charge in [-0.25, -0.2) is 4.79 Å². The predicted molar refractivity (Wildman–Crippen MR) is 70.7 cm³/mol. The van der Waals surface area contributed by atoms with E-state index in [1.807, 2.05) is 30.8 Å². The number of hydrogen-bond donors (Lipinski definition) is 1. The Morgan fingerprint density at radius 1 is 1.41 bits per heavy atom. The summed E-state index contributed by atoms with van der Waals surface area (Å²) in [5, 5.41) is 8.96. The molecule has 0 aromatic heterocycles. The summed E-state index contributed by atoms with van der Waals surface area (Å²) in [7, 11) is 0. The topological polar surface area (TPSA) is 40.5 Å². The van der Waals surface area contributed by atoms with Crippen molar-refractivity contribution < 1.29 is 9.90 Å². The van der Waals surface area contributed by atoms with Gasteiger partial charge in [-0.1, -0.05) is 12.1 Å². The summed E-state index contributed by atoms with van der Waals surface area (Å²) in [4.78, 5) is 13.3. The fraction of sp³-hybridized carbons (Fsp3) is 0.462. The van der Waals surface area contributed by atoms with Crippen LogP contribution in [0.1, 0.15) is 21.5 Å². The van der Waals surface area contributed by atoms with Gasteiger partial charge in [0.25, 0.3) is 0 Å². The van der Waals surface area contributed by atoms with Crippen molar-refractivity contribution >= 4 is 17.7 Å². The molecule has 0 unspecified atom stereocenters. The Hall–Kier alpha value is -1.00. The van der Waals surface area contributed by atoms with E-state index in [-0.39, 0.29) is 0 Å². The van der Waals surface area contributed by atoms with E-state index in [2.05, 4.69) is 4.90 Å². The molecule has 1 aromatic rings. The van der Waals surface area contributed by atoms with Crippen molar-refractivity contribution in [1.82, 2.24) is 4.90 Å². The molecule has 0 saturated carbocycles. The summed E-state index contributed by atoms with van der Waals surface area (Å²) in [6.45, 7) is 5.05. The van der Waals surface area contributed by atoms with Crippen LogP contribution in [-0.4, -0.2) is 40.6 Å². The summed E-state index contributed by atoms with van der Waals surface area (Å²) in [5.74, 6) is 1.56. The van der Waals surface area contributed by atoms with Crippen LogP contribution in [0.25, 0.3) is 0 Å². The molecule has 0 spiro atoms. The van der Waals surface area contributed by atoms with Crippen LogP contribution < -0.4 is 0 Å². The second kappa shape index (κ2) is 5.56. The number of carboxylic acid groups (broad SMARTS) is 1. The van der Waals surface area contributed by atoms with Crippen LogP contribution in [0.4, 0.5) is 0 Å². The van der Waals surface area contributed by atoms with E-state index in [9.17, 15) is 4.79 Å². The minimum atomic E-state index is -0.844. The van der Waals surface area contributed by atoms with E-state index in [0.29, 0.717) is 5.56 Å². The number of nitrogens with zero attached hydrogens (tertiary/aromatic N) is 1. The average molecular weight is 251 g/mol. The van der Waals surface area contributed by atoms with Crippen LogP contribution in [-0.2, 0) is 6.54 Å². The molecule has 1 fully saturated rings. The first-order valence-corrected chi connectivity index (χ1v) is 6.95. The lowest BCUT2D eigenvalue weighted by Gasteiger charge is -2.26. The molecule has 1 heterocycles. The average Bonchev–Trinajstić information content (AvgIpc) is 2.30. The zero-order valence-corrected chi connectivity index (χ0v) is 10.8. The van der Waals surface area contributed by atoms with Crippen molar-refractivity contribution in [3.63, 3.8) is 0 Å². The Morgan fingerprint density at radius 3 is 2.71 bits per heavy atom. The van der Waals surface area contributed by atoms with Gasteiger partial charge in [0.1, 0.15) is 0 Å². The van der Waals surface area contributed by atoms with E-state index in [1.165, 1.54) is 17.1 Å². The highest BCUT2D eigenvalue weighted by atomic mass is 32.2. The lowest BCUT2D eigenvalue weighted by Crippen LogP contribution is -2.31. The molecule has 1 aromatic carbocycles. The Balaban J connectivity index is 2.06. The van der Waals surface area contributed by atoms with Gasteiger partial charge in [0.2, 0.25) is 0 Å². The molecule has 0 bridgehead atoms. The van der Waals surface area contributed by atoms with Gasteiger partial charge in [-0.15, -0.1) is 0 Å². The molecule has 1 saturated heterocycles. The molecule has 92 valence electrons. The normalized spacial score (nSPS) is 17.0. The van der Waals surface area contributed by atoms with E-state index in [1.54, 1.807) is 6.07 Å². The highest BCUT2D eigenvalue weighted by Gasteiger charge is 2.12. The fourth-order valence-electron chi connectivity index (χ4n) is 2.08. The lowest BCUT2D eigenvalue weighted by molar-refractivity contribution is 0.0696. The Labute approximate surface area is 106 Å². The number of thioether (sulfide) groups is 1. The van der Waals surface area contributed by atoms with Gasteiger partial charge in [-0.2, -0.15) is 11.8 Å². The van der Waals surface area contributed by atoms with Crippen molar-refractivity contribution in [3.05, 3.63) is 34.9 Å². The maximum atomic E-state index is 10.9. The van der Waals surface area contributed by atoms with Crippen molar-refractivity contribution in [3.8, 4) is 0 Å². The summed E-state index contributed by atoms with van der Waals surface area (Å²) >= 11 is 2.00. The molecule has 3 nitrogen and oxygen atoms in total. The van der Waals surface area contributed by atoms with Gasteiger partial charge >= 0.3 is 5.97 Å². The van der Waals surface area contributed by atoms with E-state index < -0.39 is 5.97 Å². The second-order valence-corrected chi connectivity index (χ2v) is 5.57. The van der Waals surface area contributed by atoms with Crippen molar-refractivity contribution in [2.75, 3.05) is 24.6 Å². The third-order valence-corrected chi connectivity index (χ3v) is 3.97. The summed E-state index contributed by atoms with van der Waals surface area (Å²) in [5.41, 5.74) is 2.46. The molecule has 0 radical (unpaired) electrons. The number of hydrogen-bond acceptors (Lipinski definition) is 3. The first kappa shape index (κ1) is 12.5. The highest BCUT2D eigenvalue weighted by molar-refractivity contribution is 7.99. The zero-order valence-electron chi connectivity index (χ0n) is 9.98. The number of benzene rings is 1. The first-order valence-electron chi connectivity index (χ1n) is 5.80. The SMILES string of the molecule is Cc1cc(CN2CCSCC2)ccc1C(=O)O. The number of aromatic carboxylic acids is 1. The monoisotopic (exact) mass is 251 g/mol. The second-order valence-electron chi connectivity index (χ2n) is 4.34. The van der Waals surface area contributed by atoms with Gasteiger partial charge in [-0.05, 0) is 24.1 Å². The molecular formula is C13H17NO2S. The van der Waals surface area contributed by atoms with Gasteiger partial charge in [-0.3, -0.25) is 4.90 Å². The first-order chi connectivity index (χ1) is 8.16. The number of aryl methyl sites for hydroxylation is 1. The molecule has 0 atom stereocenters. The fourth-order valence-corrected chi connectivity index (χ4v) is 3.06. The van der Waals surface area contributed by atoms with Crippen LogP contribution in [0.3, 0.4) is 0 Å². The zero-order chi connectivity index (χ0) is 12.3. The van der Waals surface area contributed by atoms with Crippen LogP contribution in [0.5, 0.6) is 0 Å². The number of carboxylic acids is 1. The van der Waals surface area contributed by atoms with Crippen molar-refractivity contribution in [1.29, 1.82) is 0 Å². The van der Waals surface area contributed by atoms with Gasteiger partial charge in [0.05, 0.1) is 5.56 Å².